The zero-order valence-corrected chi connectivity index (χ0v) is 12.0. The molecule has 0 amide bonds. The molecule has 0 bridgehead atoms. The van der Waals surface area contributed by atoms with E-state index in [9.17, 15) is 0 Å². The average molecular weight is 285 g/mol. The zero-order valence-electron chi connectivity index (χ0n) is 12.0. The first kappa shape index (κ1) is 13.9. The van der Waals surface area contributed by atoms with Crippen molar-refractivity contribution in [3.63, 3.8) is 0 Å². The summed E-state index contributed by atoms with van der Waals surface area (Å²) in [6.07, 6.45) is 15.2. The molecule has 3 aromatic heterocycles. The van der Waals surface area contributed by atoms with E-state index in [0.717, 1.165) is 22.5 Å². The molecule has 0 fully saturated rings. The quantitative estimate of drug-likeness (QED) is 0.720. The molecule has 0 aromatic carbocycles. The molecule has 0 aliphatic heterocycles. The normalized spacial score (nSPS) is 11.3. The molecule has 0 aliphatic rings. The van der Waals surface area contributed by atoms with Crippen LogP contribution in [0.4, 0.5) is 0 Å². The molecule has 3 heteroatoms. The van der Waals surface area contributed by atoms with E-state index in [4.69, 9.17) is 0 Å². The van der Waals surface area contributed by atoms with Crippen LogP contribution >= 0.6 is 0 Å². The van der Waals surface area contributed by atoms with Gasteiger partial charge < -0.3 is 0 Å². The van der Waals surface area contributed by atoms with Gasteiger partial charge in [0.1, 0.15) is 0 Å². The first-order valence-corrected chi connectivity index (χ1v) is 7.03. The van der Waals surface area contributed by atoms with E-state index < -0.39 is 0 Å². The summed E-state index contributed by atoms with van der Waals surface area (Å²) in [5.74, 6) is 0. The lowest BCUT2D eigenvalue weighted by atomic mass is 10.2. The van der Waals surface area contributed by atoms with E-state index in [2.05, 4.69) is 15.0 Å². The summed E-state index contributed by atoms with van der Waals surface area (Å²) in [5.41, 5.74) is 4.06. The second-order valence-corrected chi connectivity index (χ2v) is 4.72. The number of hydrogen-bond donors (Lipinski definition) is 0. The van der Waals surface area contributed by atoms with Crippen molar-refractivity contribution >= 4 is 24.3 Å². The van der Waals surface area contributed by atoms with Gasteiger partial charge in [-0.3, -0.25) is 9.97 Å². The Morgan fingerprint density at radius 1 is 0.545 bits per heavy atom. The lowest BCUT2D eigenvalue weighted by molar-refractivity contribution is 1.27. The van der Waals surface area contributed by atoms with E-state index in [1.807, 2.05) is 66.8 Å². The lowest BCUT2D eigenvalue weighted by Crippen LogP contribution is -1.84. The fraction of sp³-hybridized carbons (Fsp3) is 0. The molecule has 0 N–H and O–H groups in total. The summed E-state index contributed by atoms with van der Waals surface area (Å²) >= 11 is 0. The van der Waals surface area contributed by atoms with Crippen molar-refractivity contribution in [2.45, 2.75) is 0 Å². The van der Waals surface area contributed by atoms with E-state index in [1.165, 1.54) is 0 Å². The third-order valence-corrected chi connectivity index (χ3v) is 3.10. The van der Waals surface area contributed by atoms with Crippen LogP contribution in [0.15, 0.2) is 67.3 Å². The maximum Gasteiger partial charge on any atom is 0.0637 e. The smallest absolute Gasteiger partial charge is 0.0637 e. The third-order valence-electron chi connectivity index (χ3n) is 3.10. The molecule has 0 spiro atoms. The van der Waals surface area contributed by atoms with Crippen molar-refractivity contribution in [3.05, 3.63) is 89.8 Å². The van der Waals surface area contributed by atoms with Crippen molar-refractivity contribution in [3.8, 4) is 0 Å². The molecule has 0 radical (unpaired) electrons. The van der Waals surface area contributed by atoms with E-state index in [-0.39, 0.29) is 0 Å². The monoisotopic (exact) mass is 285 g/mol. The highest BCUT2D eigenvalue weighted by Crippen LogP contribution is 2.09. The number of pyridine rings is 3. The minimum absolute atomic E-state index is 0.925. The van der Waals surface area contributed by atoms with Crippen LogP contribution in [0.5, 0.6) is 0 Å². The Bertz CT molecular complexity index is 713. The average Bonchev–Trinajstić information content (AvgIpc) is 2.60. The molecule has 3 nitrogen and oxygen atoms in total. The Morgan fingerprint density at radius 2 is 1.00 bits per heavy atom. The molecule has 3 aromatic rings. The predicted octanol–water partition coefficient (Wildman–Crippen LogP) is 4.21. The maximum absolute atomic E-state index is 4.60. The van der Waals surface area contributed by atoms with E-state index in [0.29, 0.717) is 0 Å². The Kier molecular flexibility index (Phi) is 4.47. The molecule has 0 saturated carbocycles. The van der Waals surface area contributed by atoms with Gasteiger partial charge in [0, 0.05) is 24.8 Å². The van der Waals surface area contributed by atoms with Crippen molar-refractivity contribution in [2.75, 3.05) is 0 Å². The molecule has 3 rings (SSSR count). The van der Waals surface area contributed by atoms with Gasteiger partial charge in [-0.25, -0.2) is 4.98 Å². The fourth-order valence-corrected chi connectivity index (χ4v) is 1.97. The molecule has 0 unspecified atom stereocenters. The van der Waals surface area contributed by atoms with Crippen LogP contribution in [0.2, 0.25) is 0 Å². The minimum Gasteiger partial charge on any atom is -0.265 e. The number of rotatable bonds is 4. The fourth-order valence-electron chi connectivity index (χ4n) is 1.97. The summed E-state index contributed by atoms with van der Waals surface area (Å²) in [4.78, 5) is 12.6. The lowest BCUT2D eigenvalue weighted by Gasteiger charge is -1.97. The van der Waals surface area contributed by atoms with Crippen molar-refractivity contribution in [2.24, 2.45) is 0 Å². The summed E-state index contributed by atoms with van der Waals surface area (Å²) < 4.78 is 0. The van der Waals surface area contributed by atoms with Crippen LogP contribution in [-0.4, -0.2) is 15.0 Å². The first-order chi connectivity index (χ1) is 10.9. The second-order valence-electron chi connectivity index (χ2n) is 4.72. The topological polar surface area (TPSA) is 38.7 Å². The van der Waals surface area contributed by atoms with Gasteiger partial charge >= 0.3 is 0 Å². The van der Waals surface area contributed by atoms with Crippen molar-refractivity contribution < 1.29 is 0 Å². The summed E-state index contributed by atoms with van der Waals surface area (Å²) in [6, 6.07) is 13.8. The van der Waals surface area contributed by atoms with Gasteiger partial charge in [-0.1, -0.05) is 18.2 Å². The molecular weight excluding hydrogens is 270 g/mol. The van der Waals surface area contributed by atoms with Gasteiger partial charge in [-0.15, -0.1) is 0 Å². The summed E-state index contributed by atoms with van der Waals surface area (Å²) in [6.45, 7) is 0. The van der Waals surface area contributed by atoms with Crippen LogP contribution in [-0.2, 0) is 0 Å². The first-order valence-electron chi connectivity index (χ1n) is 7.03. The molecular formula is C19H15N3. The maximum atomic E-state index is 4.60. The number of nitrogens with zero attached hydrogens (tertiary/aromatic N) is 3. The molecule has 106 valence electrons. The van der Waals surface area contributed by atoms with Gasteiger partial charge in [0.25, 0.3) is 0 Å². The van der Waals surface area contributed by atoms with Crippen molar-refractivity contribution in [1.29, 1.82) is 0 Å². The molecule has 0 atom stereocenters. The van der Waals surface area contributed by atoms with Gasteiger partial charge in [0.05, 0.1) is 11.4 Å². The predicted molar refractivity (Wildman–Crippen MR) is 90.6 cm³/mol. The van der Waals surface area contributed by atoms with Gasteiger partial charge in [0.2, 0.25) is 0 Å². The van der Waals surface area contributed by atoms with Crippen LogP contribution in [0.25, 0.3) is 24.3 Å². The van der Waals surface area contributed by atoms with Crippen LogP contribution in [0.3, 0.4) is 0 Å². The Labute approximate surface area is 129 Å². The standard InChI is InChI=1S/C19H15N3/c1-2-18(6-4-16-8-12-20-13-9-16)22-19(3-1)7-5-17-10-14-21-15-11-17/h1-15H/b6-4+,7-5+. The van der Waals surface area contributed by atoms with Crippen LogP contribution in [0, 0.1) is 0 Å². The second kappa shape index (κ2) is 7.09. The van der Waals surface area contributed by atoms with E-state index >= 15 is 0 Å². The zero-order chi connectivity index (χ0) is 15.0. The van der Waals surface area contributed by atoms with Crippen LogP contribution in [0.1, 0.15) is 22.5 Å². The van der Waals surface area contributed by atoms with Gasteiger partial charge in [0.15, 0.2) is 0 Å². The summed E-state index contributed by atoms with van der Waals surface area (Å²) in [5, 5.41) is 0. The number of hydrogen-bond acceptors (Lipinski definition) is 3. The third kappa shape index (κ3) is 3.96. The molecule has 0 saturated heterocycles. The Balaban J connectivity index is 1.75. The molecule has 22 heavy (non-hydrogen) atoms. The van der Waals surface area contributed by atoms with Gasteiger partial charge in [-0.05, 0) is 59.7 Å². The Hall–Kier alpha value is -3.07. The molecule has 0 aliphatic carbocycles. The highest BCUT2D eigenvalue weighted by molar-refractivity contribution is 5.70. The highest BCUT2D eigenvalue weighted by Gasteiger charge is 1.92. The summed E-state index contributed by atoms with van der Waals surface area (Å²) in [7, 11) is 0. The van der Waals surface area contributed by atoms with E-state index in [1.54, 1.807) is 24.8 Å². The SMILES string of the molecule is C(=C\c1cccc(/C=C/c2ccncc2)n1)/c1ccncc1. The number of aromatic nitrogens is 3. The van der Waals surface area contributed by atoms with Gasteiger partial charge in [-0.2, -0.15) is 0 Å². The minimum atomic E-state index is 0.925. The Morgan fingerprint density at radius 3 is 1.45 bits per heavy atom. The van der Waals surface area contributed by atoms with Crippen LogP contribution < -0.4 is 0 Å². The molecule has 3 heterocycles. The van der Waals surface area contributed by atoms with Crippen molar-refractivity contribution in [1.82, 2.24) is 15.0 Å². The highest BCUT2D eigenvalue weighted by atomic mass is 14.7. The largest absolute Gasteiger partial charge is 0.265 e.